The van der Waals surface area contributed by atoms with Crippen LogP contribution in [-0.2, 0) is 20.4 Å². The summed E-state index contributed by atoms with van der Waals surface area (Å²) in [7, 11) is -2.33. The molecule has 4 atom stereocenters. The Balaban J connectivity index is 1.60. The number of hydrogen-bond acceptors (Lipinski definition) is 6. The molecule has 0 spiro atoms. The highest BCUT2D eigenvalue weighted by atomic mass is 32.1. The molecule has 45 heavy (non-hydrogen) atoms. The van der Waals surface area contributed by atoms with Gasteiger partial charge in [0.15, 0.2) is 8.32 Å². The lowest BCUT2D eigenvalue weighted by Crippen LogP contribution is -2.50. The fraction of sp³-hybridized carbons (Fsp3) is 0.514. The summed E-state index contributed by atoms with van der Waals surface area (Å²) in [5.74, 6) is -0.801. The third kappa shape index (κ3) is 8.80. The predicted molar refractivity (Wildman–Crippen MR) is 182 cm³/mol. The van der Waals surface area contributed by atoms with Crippen molar-refractivity contribution >= 4 is 37.3 Å². The normalized spacial score (nSPS) is 18.8. The van der Waals surface area contributed by atoms with Gasteiger partial charge < -0.3 is 14.5 Å². The number of anilines is 1. The number of benzene rings is 2. The van der Waals surface area contributed by atoms with Crippen LogP contribution in [0.5, 0.6) is 0 Å². The van der Waals surface area contributed by atoms with Crippen molar-refractivity contribution in [1.29, 1.82) is 0 Å². The van der Waals surface area contributed by atoms with Crippen LogP contribution < -0.4 is 5.32 Å². The molecule has 7 nitrogen and oxygen atoms in total. The Hall–Kier alpha value is -3.08. The molecule has 1 saturated heterocycles. The lowest BCUT2D eigenvalue weighted by Gasteiger charge is -2.43. The number of rotatable bonds is 9. The Morgan fingerprint density at radius 1 is 1.09 bits per heavy atom. The first-order valence-corrected chi connectivity index (χ1v) is 19.5. The van der Waals surface area contributed by atoms with Crippen LogP contribution >= 0.6 is 11.3 Å². The number of thiazole rings is 1. The minimum absolute atomic E-state index is 0.0808. The van der Waals surface area contributed by atoms with Crippen molar-refractivity contribution in [3.05, 3.63) is 82.1 Å². The van der Waals surface area contributed by atoms with E-state index in [9.17, 15) is 14.0 Å². The van der Waals surface area contributed by atoms with Crippen molar-refractivity contribution in [2.45, 2.75) is 116 Å². The third-order valence-corrected chi connectivity index (χ3v) is 13.9. The second-order valence-electron chi connectivity index (χ2n) is 14.6. The molecule has 1 aliphatic heterocycles. The first-order chi connectivity index (χ1) is 20.9. The summed E-state index contributed by atoms with van der Waals surface area (Å²) in [5, 5.41) is 4.78. The SMILES string of the molecule is CC(C(=O)Nc1ccc(C[C@H]2CC[C@@H]([C@H](O[Si](C)(C)C(C)(C)C)c3cccc(F)c3)N2C(=O)OC(C)(C)C)cc1)c1cscn1. The van der Waals surface area contributed by atoms with E-state index < -0.39 is 26.1 Å². The first-order valence-electron chi connectivity index (χ1n) is 15.7. The fourth-order valence-electron chi connectivity index (χ4n) is 5.37. The first kappa shape index (κ1) is 34.8. The van der Waals surface area contributed by atoms with E-state index in [1.54, 1.807) is 11.6 Å². The van der Waals surface area contributed by atoms with Crippen LogP contribution in [0.15, 0.2) is 59.4 Å². The van der Waals surface area contributed by atoms with E-state index in [0.29, 0.717) is 18.5 Å². The van der Waals surface area contributed by atoms with Crippen molar-refractivity contribution in [3.63, 3.8) is 0 Å². The van der Waals surface area contributed by atoms with Gasteiger partial charge in [-0.05, 0) is 100 Å². The average Bonchev–Trinajstić information content (AvgIpc) is 3.61. The van der Waals surface area contributed by atoms with E-state index in [0.717, 1.165) is 23.2 Å². The second-order valence-corrected chi connectivity index (χ2v) is 20.0. The summed E-state index contributed by atoms with van der Waals surface area (Å²) in [6.07, 6.45) is 1.16. The molecule has 2 amide bonds. The highest BCUT2D eigenvalue weighted by Gasteiger charge is 2.47. The molecule has 244 valence electrons. The summed E-state index contributed by atoms with van der Waals surface area (Å²) in [6.45, 7) is 18.3. The lowest BCUT2D eigenvalue weighted by atomic mass is 10.0. The van der Waals surface area contributed by atoms with Gasteiger partial charge in [-0.3, -0.25) is 9.69 Å². The molecule has 2 aromatic carbocycles. The van der Waals surface area contributed by atoms with Gasteiger partial charge in [0.2, 0.25) is 5.91 Å². The number of aromatic nitrogens is 1. The largest absolute Gasteiger partial charge is 0.444 e. The Kier molecular flexibility index (Phi) is 10.6. The van der Waals surface area contributed by atoms with E-state index in [2.05, 4.69) is 44.2 Å². The predicted octanol–water partition coefficient (Wildman–Crippen LogP) is 9.10. The molecule has 2 heterocycles. The molecule has 3 aromatic rings. The molecule has 1 aromatic heterocycles. The molecule has 1 N–H and O–H groups in total. The zero-order valence-corrected chi connectivity index (χ0v) is 29.8. The Bertz CT molecular complexity index is 1450. The van der Waals surface area contributed by atoms with Gasteiger partial charge in [-0.2, -0.15) is 0 Å². The number of ether oxygens (including phenoxy) is 1. The molecule has 0 saturated carbocycles. The van der Waals surface area contributed by atoms with Gasteiger partial charge in [0.25, 0.3) is 0 Å². The maximum Gasteiger partial charge on any atom is 0.410 e. The highest BCUT2D eigenvalue weighted by molar-refractivity contribution is 7.07. The van der Waals surface area contributed by atoms with E-state index in [1.807, 2.05) is 68.3 Å². The average molecular weight is 654 g/mol. The third-order valence-electron chi connectivity index (χ3n) is 8.89. The zero-order chi connectivity index (χ0) is 33.2. The Labute approximate surface area is 272 Å². The molecule has 0 aliphatic carbocycles. The summed E-state index contributed by atoms with van der Waals surface area (Å²) < 4.78 is 27.5. The molecule has 0 radical (unpaired) electrons. The topological polar surface area (TPSA) is 80.8 Å². The van der Waals surface area contributed by atoms with E-state index in [1.165, 1.54) is 23.5 Å². The fourth-order valence-corrected chi connectivity index (χ4v) is 7.30. The molecule has 0 bridgehead atoms. The minimum Gasteiger partial charge on any atom is -0.444 e. The molecule has 1 unspecified atom stereocenters. The molecular weight excluding hydrogens is 606 g/mol. The van der Waals surface area contributed by atoms with Crippen LogP contribution in [0, 0.1) is 5.82 Å². The maximum atomic E-state index is 14.6. The van der Waals surface area contributed by atoms with Crippen LogP contribution in [0.25, 0.3) is 0 Å². The second kappa shape index (κ2) is 13.7. The van der Waals surface area contributed by atoms with Crippen LogP contribution in [0.1, 0.15) is 90.2 Å². The molecule has 1 fully saturated rings. The monoisotopic (exact) mass is 653 g/mol. The number of carbonyl (C=O) groups excluding carboxylic acids is 2. The van der Waals surface area contributed by atoms with Crippen LogP contribution in [0.4, 0.5) is 14.9 Å². The number of nitrogens with one attached hydrogen (secondary N) is 1. The molecule has 1 aliphatic rings. The standard InChI is InChI=1S/C35H48FN3O4SSi/c1-23(29-21-44-22-37-29)32(40)38-27-15-13-24(14-16-27)19-28-17-18-30(39(28)33(41)42-34(2,3)4)31(25-11-10-12-26(36)20-25)43-45(8,9)35(5,6)7/h10-16,20-23,28,30-31H,17-19H2,1-9H3,(H,38,40)/t23?,28-,30+,31-/m1/s1. The quantitative estimate of drug-likeness (QED) is 0.233. The molecular formula is C35H48FN3O4SSi. The number of likely N-dealkylation sites (tertiary alicyclic amines) is 1. The maximum absolute atomic E-state index is 14.6. The highest BCUT2D eigenvalue weighted by Crippen LogP contribution is 2.44. The van der Waals surface area contributed by atoms with Gasteiger partial charge in [0.05, 0.1) is 29.3 Å². The van der Waals surface area contributed by atoms with Crippen LogP contribution in [-0.4, -0.2) is 47.9 Å². The smallest absolute Gasteiger partial charge is 0.410 e. The molecule has 4 rings (SSSR count). The van der Waals surface area contributed by atoms with Gasteiger partial charge in [0.1, 0.15) is 11.4 Å². The van der Waals surface area contributed by atoms with Crippen LogP contribution in [0.2, 0.25) is 18.1 Å². The minimum atomic E-state index is -2.33. The lowest BCUT2D eigenvalue weighted by molar-refractivity contribution is -0.117. The van der Waals surface area contributed by atoms with Gasteiger partial charge in [-0.1, -0.05) is 45.0 Å². The Morgan fingerprint density at radius 3 is 2.36 bits per heavy atom. The summed E-state index contributed by atoms with van der Waals surface area (Å²) in [6, 6.07) is 13.8. The van der Waals surface area contributed by atoms with Crippen molar-refractivity contribution < 1.29 is 23.1 Å². The number of hydrogen-bond donors (Lipinski definition) is 1. The zero-order valence-electron chi connectivity index (χ0n) is 28.0. The number of carbonyl (C=O) groups is 2. The van der Waals surface area contributed by atoms with E-state index >= 15 is 0 Å². The summed E-state index contributed by atoms with van der Waals surface area (Å²) in [5.41, 5.74) is 4.26. The van der Waals surface area contributed by atoms with Crippen LogP contribution in [0.3, 0.4) is 0 Å². The summed E-state index contributed by atoms with van der Waals surface area (Å²) >= 11 is 1.47. The van der Waals surface area contributed by atoms with E-state index in [4.69, 9.17) is 9.16 Å². The number of halogens is 1. The van der Waals surface area contributed by atoms with Gasteiger partial charge in [-0.15, -0.1) is 11.3 Å². The van der Waals surface area contributed by atoms with Gasteiger partial charge in [0, 0.05) is 17.1 Å². The van der Waals surface area contributed by atoms with Crippen molar-refractivity contribution in [2.75, 3.05) is 5.32 Å². The number of amides is 2. The van der Waals surface area contributed by atoms with Crippen molar-refractivity contribution in [3.8, 4) is 0 Å². The number of nitrogens with zero attached hydrogens (tertiary/aromatic N) is 2. The van der Waals surface area contributed by atoms with Gasteiger partial charge >= 0.3 is 6.09 Å². The van der Waals surface area contributed by atoms with Crippen molar-refractivity contribution in [1.82, 2.24) is 9.88 Å². The van der Waals surface area contributed by atoms with Gasteiger partial charge in [-0.25, -0.2) is 14.2 Å². The van der Waals surface area contributed by atoms with E-state index in [-0.39, 0.29) is 34.8 Å². The molecule has 10 heteroatoms. The Morgan fingerprint density at radius 2 is 1.78 bits per heavy atom. The summed E-state index contributed by atoms with van der Waals surface area (Å²) in [4.78, 5) is 32.8. The van der Waals surface area contributed by atoms with Crippen molar-refractivity contribution in [2.24, 2.45) is 0 Å².